The third-order valence-corrected chi connectivity index (χ3v) is 8.20. The van der Waals surface area contributed by atoms with Gasteiger partial charge in [0, 0.05) is 42.9 Å². The Morgan fingerprint density at radius 2 is 1.60 bits per heavy atom. The van der Waals surface area contributed by atoms with Gasteiger partial charge >= 0.3 is 0 Å². The van der Waals surface area contributed by atoms with Crippen molar-refractivity contribution >= 4 is 5.82 Å². The van der Waals surface area contributed by atoms with Crippen LogP contribution in [0.25, 0.3) is 33.9 Å². The normalized spacial score (nSPS) is 16.5. The van der Waals surface area contributed by atoms with Gasteiger partial charge in [-0.15, -0.1) is 10.2 Å². The molecule has 9 heteroatoms. The lowest BCUT2D eigenvalue weighted by atomic mass is 9.95. The summed E-state index contributed by atoms with van der Waals surface area (Å²) in [6.07, 6.45) is 3.87. The number of H-pyrrole nitrogens is 1. The van der Waals surface area contributed by atoms with Gasteiger partial charge in [-0.3, -0.25) is 15.0 Å². The fourth-order valence-electron chi connectivity index (χ4n) is 5.83. The van der Waals surface area contributed by atoms with Crippen LogP contribution in [-0.4, -0.2) is 74.7 Å². The smallest absolute Gasteiger partial charge is 0.174 e. The fourth-order valence-corrected chi connectivity index (χ4v) is 5.83. The third kappa shape index (κ3) is 5.79. The minimum atomic E-state index is 0.368. The summed E-state index contributed by atoms with van der Waals surface area (Å²) in [5, 5.41) is 17.0. The molecule has 0 amide bonds. The van der Waals surface area contributed by atoms with Gasteiger partial charge in [-0.05, 0) is 55.3 Å². The van der Waals surface area contributed by atoms with Crippen LogP contribution in [0.4, 0.5) is 5.82 Å². The molecule has 0 radical (unpaired) electrons. The molecule has 5 aromatic rings. The van der Waals surface area contributed by atoms with Gasteiger partial charge in [0.15, 0.2) is 17.5 Å². The van der Waals surface area contributed by atoms with Crippen molar-refractivity contribution < 1.29 is 4.74 Å². The van der Waals surface area contributed by atoms with Crippen molar-refractivity contribution in [1.82, 2.24) is 35.3 Å². The molecule has 212 valence electrons. The highest BCUT2D eigenvalue weighted by molar-refractivity contribution is 5.82. The van der Waals surface area contributed by atoms with Crippen LogP contribution in [0.5, 0.6) is 0 Å². The summed E-state index contributed by atoms with van der Waals surface area (Å²) in [5.74, 6) is 2.91. The summed E-state index contributed by atoms with van der Waals surface area (Å²) >= 11 is 0. The Labute approximate surface area is 245 Å². The number of benzene rings is 2. The highest BCUT2D eigenvalue weighted by Crippen LogP contribution is 2.33. The quantitative estimate of drug-likeness (QED) is 0.291. The summed E-state index contributed by atoms with van der Waals surface area (Å²) in [5.41, 5.74) is 6.34. The molecule has 2 aliphatic rings. The lowest BCUT2D eigenvalue weighted by Gasteiger charge is -2.30. The van der Waals surface area contributed by atoms with E-state index in [0.717, 1.165) is 104 Å². The van der Waals surface area contributed by atoms with Crippen molar-refractivity contribution in [2.75, 3.05) is 44.3 Å². The molecule has 2 aromatic carbocycles. The first kappa shape index (κ1) is 26.4. The molecule has 1 N–H and O–H groups in total. The third-order valence-electron chi connectivity index (χ3n) is 8.20. The molecule has 0 atom stereocenters. The number of anilines is 1. The number of hydrogen-bond donors (Lipinski definition) is 1. The van der Waals surface area contributed by atoms with Crippen molar-refractivity contribution in [3.8, 4) is 33.9 Å². The number of likely N-dealkylation sites (tertiary alicyclic amines) is 1. The molecule has 0 spiro atoms. The Morgan fingerprint density at radius 1 is 0.810 bits per heavy atom. The van der Waals surface area contributed by atoms with Gasteiger partial charge in [-0.2, -0.15) is 5.10 Å². The molecule has 2 saturated heterocycles. The van der Waals surface area contributed by atoms with Gasteiger partial charge < -0.3 is 9.64 Å². The SMILES string of the molecule is c1ccc(-c2cc(N3CCOCC3)nnc2-c2ccc(CN3CCC(c4n[nH]c(-c5ccccn5)n4)CC3)cc2)cc1. The van der Waals surface area contributed by atoms with E-state index in [0.29, 0.717) is 5.92 Å². The Bertz CT molecular complexity index is 1590. The minimum absolute atomic E-state index is 0.368. The van der Waals surface area contributed by atoms with Crippen LogP contribution in [0, 0.1) is 0 Å². The Morgan fingerprint density at radius 3 is 2.36 bits per heavy atom. The number of aromatic amines is 1. The second-order valence-corrected chi connectivity index (χ2v) is 10.9. The lowest BCUT2D eigenvalue weighted by molar-refractivity contribution is 0.122. The highest BCUT2D eigenvalue weighted by Gasteiger charge is 2.24. The van der Waals surface area contributed by atoms with Gasteiger partial charge in [0.05, 0.1) is 13.2 Å². The van der Waals surface area contributed by atoms with Gasteiger partial charge in [0.25, 0.3) is 0 Å². The molecule has 7 rings (SSSR count). The minimum Gasteiger partial charge on any atom is -0.378 e. The second-order valence-electron chi connectivity index (χ2n) is 10.9. The molecular weight excluding hydrogens is 524 g/mol. The molecular formula is C33H34N8O. The second kappa shape index (κ2) is 12.2. The van der Waals surface area contributed by atoms with Crippen LogP contribution in [0.15, 0.2) is 85.1 Å². The predicted molar refractivity (Wildman–Crippen MR) is 163 cm³/mol. The molecule has 3 aromatic heterocycles. The molecule has 42 heavy (non-hydrogen) atoms. The first-order chi connectivity index (χ1) is 20.8. The van der Waals surface area contributed by atoms with Gasteiger partial charge in [-0.25, -0.2) is 4.98 Å². The molecule has 0 bridgehead atoms. The molecule has 0 aliphatic carbocycles. The Kier molecular flexibility index (Phi) is 7.67. The van der Waals surface area contributed by atoms with Gasteiger partial charge in [0.1, 0.15) is 11.4 Å². The molecule has 2 aliphatic heterocycles. The van der Waals surface area contributed by atoms with E-state index in [-0.39, 0.29) is 0 Å². The summed E-state index contributed by atoms with van der Waals surface area (Å²) in [6, 6.07) is 27.3. The van der Waals surface area contributed by atoms with Crippen molar-refractivity contribution in [3.63, 3.8) is 0 Å². The number of nitrogens with one attached hydrogen (secondary N) is 1. The number of pyridine rings is 1. The summed E-state index contributed by atoms with van der Waals surface area (Å²) in [4.78, 5) is 13.9. The number of piperidine rings is 1. The average molecular weight is 559 g/mol. The molecule has 5 heterocycles. The zero-order chi connectivity index (χ0) is 28.1. The zero-order valence-electron chi connectivity index (χ0n) is 23.6. The number of morpholine rings is 1. The Balaban J connectivity index is 1.02. The summed E-state index contributed by atoms with van der Waals surface area (Å²) < 4.78 is 5.53. The van der Waals surface area contributed by atoms with E-state index in [4.69, 9.17) is 14.8 Å². The van der Waals surface area contributed by atoms with E-state index >= 15 is 0 Å². The number of aromatic nitrogens is 6. The van der Waals surface area contributed by atoms with Gasteiger partial charge in [0.2, 0.25) is 0 Å². The zero-order valence-corrected chi connectivity index (χ0v) is 23.6. The molecule has 9 nitrogen and oxygen atoms in total. The number of nitrogens with zero attached hydrogens (tertiary/aromatic N) is 7. The van der Waals surface area contributed by atoms with Crippen LogP contribution < -0.4 is 4.90 Å². The van der Waals surface area contributed by atoms with E-state index in [1.54, 1.807) is 6.20 Å². The topological polar surface area (TPSA) is 96.0 Å². The van der Waals surface area contributed by atoms with Crippen LogP contribution in [0.1, 0.15) is 30.1 Å². The summed E-state index contributed by atoms with van der Waals surface area (Å²) in [7, 11) is 0. The maximum atomic E-state index is 5.53. The fraction of sp³-hybridized carbons (Fsp3) is 0.303. The number of ether oxygens (including phenoxy) is 1. The van der Waals surface area contributed by atoms with Crippen molar-refractivity contribution in [2.45, 2.75) is 25.3 Å². The van der Waals surface area contributed by atoms with E-state index < -0.39 is 0 Å². The largest absolute Gasteiger partial charge is 0.378 e. The van der Waals surface area contributed by atoms with Crippen molar-refractivity contribution in [2.24, 2.45) is 0 Å². The first-order valence-corrected chi connectivity index (χ1v) is 14.7. The van der Waals surface area contributed by atoms with Crippen LogP contribution in [0.3, 0.4) is 0 Å². The lowest BCUT2D eigenvalue weighted by Crippen LogP contribution is -2.36. The summed E-state index contributed by atoms with van der Waals surface area (Å²) in [6.45, 7) is 6.07. The van der Waals surface area contributed by atoms with E-state index in [2.05, 4.69) is 84.7 Å². The number of hydrogen-bond acceptors (Lipinski definition) is 8. The molecule has 2 fully saturated rings. The number of rotatable bonds is 7. The van der Waals surface area contributed by atoms with Crippen LogP contribution in [0.2, 0.25) is 0 Å². The van der Waals surface area contributed by atoms with E-state index in [1.807, 2.05) is 24.3 Å². The predicted octanol–water partition coefficient (Wildman–Crippen LogP) is 5.21. The van der Waals surface area contributed by atoms with Crippen LogP contribution in [-0.2, 0) is 11.3 Å². The van der Waals surface area contributed by atoms with Crippen LogP contribution >= 0.6 is 0 Å². The van der Waals surface area contributed by atoms with Gasteiger partial charge in [-0.1, -0.05) is 60.7 Å². The standard InChI is InChI=1S/C33H34N8O/c1-2-6-25(7-3-1)28-22-30(41-18-20-42-21-19-41)36-37-31(28)26-11-9-24(10-12-26)23-40-16-13-27(14-17-40)32-35-33(39-38-32)29-8-4-5-15-34-29/h1-12,15,22,27H,13-14,16-21,23H2,(H,35,38,39). The highest BCUT2D eigenvalue weighted by atomic mass is 16.5. The van der Waals surface area contributed by atoms with Crippen molar-refractivity contribution in [3.05, 3.63) is 96.4 Å². The maximum Gasteiger partial charge on any atom is 0.174 e. The van der Waals surface area contributed by atoms with E-state index in [9.17, 15) is 0 Å². The maximum absolute atomic E-state index is 5.53. The first-order valence-electron chi connectivity index (χ1n) is 14.7. The van der Waals surface area contributed by atoms with E-state index in [1.165, 1.54) is 5.56 Å². The Hall–Kier alpha value is -4.47. The molecule has 0 saturated carbocycles. The monoisotopic (exact) mass is 558 g/mol. The average Bonchev–Trinajstić information content (AvgIpc) is 3.57. The van der Waals surface area contributed by atoms with Crippen molar-refractivity contribution in [1.29, 1.82) is 0 Å². The molecule has 0 unspecified atom stereocenters.